The van der Waals surface area contributed by atoms with E-state index in [1.54, 1.807) is 7.11 Å². The van der Waals surface area contributed by atoms with Gasteiger partial charge in [-0.05, 0) is 30.9 Å². The molecule has 1 saturated carbocycles. The number of halogens is 1. The first-order valence-corrected chi connectivity index (χ1v) is 8.85. The lowest BCUT2D eigenvalue weighted by molar-refractivity contribution is 0.294. The molecular formula is C18H28ClNO2. The normalized spacial score (nSPS) is 16.3. The molecule has 1 N–H and O–H groups in total. The highest BCUT2D eigenvalue weighted by molar-refractivity contribution is 6.31. The van der Waals surface area contributed by atoms with Crippen molar-refractivity contribution in [3.05, 3.63) is 22.7 Å². The lowest BCUT2D eigenvalue weighted by Gasteiger charge is -2.18. The molecule has 0 heterocycles. The number of ether oxygens (including phenoxy) is 2. The van der Waals surface area contributed by atoms with Gasteiger partial charge in [0, 0.05) is 23.7 Å². The first kappa shape index (κ1) is 17.4. The molecule has 0 spiro atoms. The largest absolute Gasteiger partial charge is 0.493 e. The van der Waals surface area contributed by atoms with Crippen LogP contribution in [-0.4, -0.2) is 19.8 Å². The summed E-state index contributed by atoms with van der Waals surface area (Å²) in [5.41, 5.74) is 1.08. The van der Waals surface area contributed by atoms with Crippen LogP contribution in [0.25, 0.3) is 0 Å². The minimum absolute atomic E-state index is 0.612. The van der Waals surface area contributed by atoms with Crippen LogP contribution < -0.4 is 14.8 Å². The SMILES string of the molecule is CCCOc1cc(Cl)c(CNC2CCCCCC2)cc1OC. The quantitative estimate of drug-likeness (QED) is 0.719. The fourth-order valence-corrected chi connectivity index (χ4v) is 3.16. The van der Waals surface area contributed by atoms with E-state index in [9.17, 15) is 0 Å². The van der Waals surface area contributed by atoms with Crippen LogP contribution >= 0.6 is 11.6 Å². The van der Waals surface area contributed by atoms with E-state index in [4.69, 9.17) is 21.1 Å². The Morgan fingerprint density at radius 2 is 1.86 bits per heavy atom. The highest BCUT2D eigenvalue weighted by Crippen LogP contribution is 2.33. The zero-order valence-corrected chi connectivity index (χ0v) is 14.5. The van der Waals surface area contributed by atoms with Crippen LogP contribution in [0.15, 0.2) is 12.1 Å². The van der Waals surface area contributed by atoms with Crippen LogP contribution in [0.2, 0.25) is 5.02 Å². The van der Waals surface area contributed by atoms with Crippen molar-refractivity contribution in [1.29, 1.82) is 0 Å². The molecule has 0 unspecified atom stereocenters. The van der Waals surface area contributed by atoms with E-state index in [0.717, 1.165) is 35.1 Å². The van der Waals surface area contributed by atoms with Gasteiger partial charge in [-0.1, -0.05) is 44.2 Å². The Kier molecular flexibility index (Phi) is 7.34. The van der Waals surface area contributed by atoms with Crippen molar-refractivity contribution in [2.24, 2.45) is 0 Å². The van der Waals surface area contributed by atoms with Gasteiger partial charge in [-0.2, -0.15) is 0 Å². The number of benzene rings is 1. The number of nitrogens with one attached hydrogen (secondary N) is 1. The predicted octanol–water partition coefficient (Wildman–Crippen LogP) is 4.95. The Morgan fingerprint density at radius 3 is 2.50 bits per heavy atom. The van der Waals surface area contributed by atoms with Gasteiger partial charge >= 0.3 is 0 Å². The summed E-state index contributed by atoms with van der Waals surface area (Å²) in [5.74, 6) is 1.49. The summed E-state index contributed by atoms with van der Waals surface area (Å²) in [5, 5.41) is 4.40. The third-order valence-corrected chi connectivity index (χ3v) is 4.58. The molecule has 1 fully saturated rings. The molecule has 0 radical (unpaired) electrons. The molecule has 0 aliphatic heterocycles. The second-order valence-electron chi connectivity index (χ2n) is 6.01. The molecule has 1 aliphatic rings. The summed E-state index contributed by atoms with van der Waals surface area (Å²) >= 11 is 6.41. The van der Waals surface area contributed by atoms with Gasteiger partial charge in [0.15, 0.2) is 11.5 Å². The highest BCUT2D eigenvalue weighted by Gasteiger charge is 2.14. The minimum atomic E-state index is 0.612. The summed E-state index contributed by atoms with van der Waals surface area (Å²) in [4.78, 5) is 0. The number of rotatable bonds is 7. The van der Waals surface area contributed by atoms with Crippen molar-refractivity contribution in [3.63, 3.8) is 0 Å². The van der Waals surface area contributed by atoms with Gasteiger partial charge < -0.3 is 14.8 Å². The molecule has 4 heteroatoms. The predicted molar refractivity (Wildman–Crippen MR) is 92.1 cm³/mol. The van der Waals surface area contributed by atoms with Gasteiger partial charge in [-0.25, -0.2) is 0 Å². The third kappa shape index (κ3) is 5.06. The van der Waals surface area contributed by atoms with Crippen LogP contribution in [0.3, 0.4) is 0 Å². The monoisotopic (exact) mass is 325 g/mol. The first-order chi connectivity index (χ1) is 10.7. The Hall–Kier alpha value is -0.930. The maximum absolute atomic E-state index is 6.41. The maximum Gasteiger partial charge on any atom is 0.162 e. The minimum Gasteiger partial charge on any atom is -0.493 e. The van der Waals surface area contributed by atoms with Crippen LogP contribution in [0.5, 0.6) is 11.5 Å². The van der Waals surface area contributed by atoms with Crippen molar-refractivity contribution < 1.29 is 9.47 Å². The van der Waals surface area contributed by atoms with Gasteiger partial charge in [0.1, 0.15) is 0 Å². The van der Waals surface area contributed by atoms with Gasteiger partial charge in [-0.15, -0.1) is 0 Å². The van der Waals surface area contributed by atoms with E-state index in [0.29, 0.717) is 12.6 Å². The fraction of sp³-hybridized carbons (Fsp3) is 0.667. The standard InChI is InChI=1S/C18H28ClNO2/c1-3-10-22-18-12-16(19)14(11-17(18)21-2)13-20-15-8-6-4-5-7-9-15/h11-12,15,20H,3-10,13H2,1-2H3. The zero-order valence-electron chi connectivity index (χ0n) is 13.8. The summed E-state index contributed by atoms with van der Waals surface area (Å²) in [6, 6.07) is 4.48. The van der Waals surface area contributed by atoms with Crippen molar-refractivity contribution in [2.75, 3.05) is 13.7 Å². The van der Waals surface area contributed by atoms with Crippen molar-refractivity contribution in [2.45, 2.75) is 64.5 Å². The molecule has 3 nitrogen and oxygen atoms in total. The first-order valence-electron chi connectivity index (χ1n) is 8.47. The zero-order chi connectivity index (χ0) is 15.8. The van der Waals surface area contributed by atoms with Crippen LogP contribution in [0.4, 0.5) is 0 Å². The summed E-state index contributed by atoms with van der Waals surface area (Å²) in [6.07, 6.45) is 8.91. The average Bonchev–Trinajstić information content (AvgIpc) is 2.80. The van der Waals surface area contributed by atoms with Gasteiger partial charge in [-0.3, -0.25) is 0 Å². The molecule has 1 aliphatic carbocycles. The van der Waals surface area contributed by atoms with E-state index in [2.05, 4.69) is 12.2 Å². The summed E-state index contributed by atoms with van der Waals surface area (Å²) in [6.45, 7) is 3.54. The molecule has 0 bridgehead atoms. The highest BCUT2D eigenvalue weighted by atomic mass is 35.5. The molecule has 1 aromatic carbocycles. The van der Waals surface area contributed by atoms with Crippen molar-refractivity contribution >= 4 is 11.6 Å². The molecule has 22 heavy (non-hydrogen) atoms. The summed E-state index contributed by atoms with van der Waals surface area (Å²) < 4.78 is 11.1. The van der Waals surface area contributed by atoms with Crippen molar-refractivity contribution in [3.8, 4) is 11.5 Å². The Bertz CT molecular complexity index is 457. The molecule has 0 amide bonds. The van der Waals surface area contributed by atoms with Crippen LogP contribution in [-0.2, 0) is 6.54 Å². The van der Waals surface area contributed by atoms with E-state index < -0.39 is 0 Å². The van der Waals surface area contributed by atoms with E-state index in [1.807, 2.05) is 12.1 Å². The smallest absolute Gasteiger partial charge is 0.162 e. The molecule has 0 saturated heterocycles. The molecule has 2 rings (SSSR count). The molecule has 124 valence electrons. The fourth-order valence-electron chi connectivity index (χ4n) is 2.93. The Labute approximate surface area is 139 Å². The number of hydrogen-bond acceptors (Lipinski definition) is 3. The molecule has 0 atom stereocenters. The van der Waals surface area contributed by atoms with Crippen molar-refractivity contribution in [1.82, 2.24) is 5.32 Å². The van der Waals surface area contributed by atoms with Crippen LogP contribution in [0, 0.1) is 0 Å². The Morgan fingerprint density at radius 1 is 1.14 bits per heavy atom. The lowest BCUT2D eigenvalue weighted by atomic mass is 10.1. The molecular weight excluding hydrogens is 298 g/mol. The molecule has 0 aromatic heterocycles. The molecule has 1 aromatic rings. The summed E-state index contributed by atoms with van der Waals surface area (Å²) in [7, 11) is 1.67. The van der Waals surface area contributed by atoms with E-state index >= 15 is 0 Å². The second-order valence-corrected chi connectivity index (χ2v) is 6.42. The number of methoxy groups -OCH3 is 1. The third-order valence-electron chi connectivity index (χ3n) is 4.23. The maximum atomic E-state index is 6.41. The van der Waals surface area contributed by atoms with Gasteiger partial charge in [0.2, 0.25) is 0 Å². The van der Waals surface area contributed by atoms with Crippen LogP contribution in [0.1, 0.15) is 57.4 Å². The number of hydrogen-bond donors (Lipinski definition) is 1. The van der Waals surface area contributed by atoms with E-state index in [1.165, 1.54) is 38.5 Å². The van der Waals surface area contributed by atoms with E-state index in [-0.39, 0.29) is 0 Å². The lowest BCUT2D eigenvalue weighted by Crippen LogP contribution is -2.28. The Balaban J connectivity index is 2.00. The topological polar surface area (TPSA) is 30.5 Å². The average molecular weight is 326 g/mol. The van der Waals surface area contributed by atoms with Gasteiger partial charge in [0.25, 0.3) is 0 Å². The van der Waals surface area contributed by atoms with Gasteiger partial charge in [0.05, 0.1) is 13.7 Å². The second kappa shape index (κ2) is 9.26.